The highest BCUT2D eigenvalue weighted by Crippen LogP contribution is 2.29. The quantitative estimate of drug-likeness (QED) is 0.208. The lowest BCUT2D eigenvalue weighted by Crippen LogP contribution is -2.31. The highest BCUT2D eigenvalue weighted by atomic mass is 35.5. The van der Waals surface area contributed by atoms with Gasteiger partial charge < -0.3 is 10.9 Å². The van der Waals surface area contributed by atoms with Crippen molar-refractivity contribution in [2.24, 2.45) is 16.3 Å². The maximum absolute atomic E-state index is 8.68. The van der Waals surface area contributed by atoms with Crippen LogP contribution in [0.3, 0.4) is 0 Å². The van der Waals surface area contributed by atoms with Crippen LogP contribution in [0.15, 0.2) is 34.3 Å². The van der Waals surface area contributed by atoms with E-state index in [4.69, 9.17) is 22.5 Å². The number of oxime groups is 1. The molecule has 3 N–H and O–H groups in total. The first-order valence-electron chi connectivity index (χ1n) is 5.82. The van der Waals surface area contributed by atoms with Crippen molar-refractivity contribution in [2.75, 3.05) is 5.75 Å². The third-order valence-electron chi connectivity index (χ3n) is 2.84. The predicted octanol–water partition coefficient (Wildman–Crippen LogP) is 3.98. The third kappa shape index (κ3) is 4.42. The van der Waals surface area contributed by atoms with E-state index in [1.807, 2.05) is 38.1 Å². The molecule has 0 saturated heterocycles. The van der Waals surface area contributed by atoms with Crippen molar-refractivity contribution < 1.29 is 5.21 Å². The summed E-state index contributed by atoms with van der Waals surface area (Å²) in [5.74, 6) is 1.25. The second-order valence-corrected chi connectivity index (χ2v) is 6.30. The van der Waals surface area contributed by atoms with Gasteiger partial charge >= 0.3 is 0 Å². The fourth-order valence-corrected chi connectivity index (χ4v) is 2.71. The van der Waals surface area contributed by atoms with Gasteiger partial charge in [0.25, 0.3) is 0 Å². The molecule has 1 rings (SSSR count). The predicted molar refractivity (Wildman–Crippen MR) is 78.6 cm³/mol. The zero-order valence-electron chi connectivity index (χ0n) is 10.7. The fourth-order valence-electron chi connectivity index (χ4n) is 1.52. The summed E-state index contributed by atoms with van der Waals surface area (Å²) in [6.07, 6.45) is 1.86. The Morgan fingerprint density at radius 2 is 2.11 bits per heavy atom. The molecule has 0 radical (unpaired) electrons. The molecule has 0 bridgehead atoms. The largest absolute Gasteiger partial charge is 0.409 e. The number of thioether (sulfide) groups is 1. The van der Waals surface area contributed by atoms with Gasteiger partial charge in [0.1, 0.15) is 5.84 Å². The molecule has 0 aliphatic carbocycles. The topological polar surface area (TPSA) is 58.6 Å². The average molecular weight is 287 g/mol. The van der Waals surface area contributed by atoms with Gasteiger partial charge in [-0.15, -0.1) is 11.8 Å². The van der Waals surface area contributed by atoms with Gasteiger partial charge in [-0.2, -0.15) is 0 Å². The Balaban J connectivity index is 2.38. The number of hydrogen-bond donors (Lipinski definition) is 2. The maximum Gasteiger partial charge on any atom is 0.144 e. The minimum atomic E-state index is -0.268. The highest BCUT2D eigenvalue weighted by molar-refractivity contribution is 7.99. The minimum Gasteiger partial charge on any atom is -0.409 e. The van der Waals surface area contributed by atoms with Crippen molar-refractivity contribution in [1.82, 2.24) is 0 Å². The second-order valence-electron chi connectivity index (χ2n) is 4.75. The van der Waals surface area contributed by atoms with Crippen LogP contribution >= 0.6 is 23.4 Å². The standard InChI is InChI=1S/C13H19ClN2OS/c1-13(2,12(15)16-17)8-5-9-18-11-7-4-3-6-10(11)14/h3-4,6-7,17H,5,8-9H2,1-2H3,(H2,15,16). The molecule has 18 heavy (non-hydrogen) atoms. The Labute approximate surface area is 117 Å². The van der Waals surface area contributed by atoms with Crippen LogP contribution in [0.2, 0.25) is 5.02 Å². The Morgan fingerprint density at radius 1 is 1.44 bits per heavy atom. The first-order valence-corrected chi connectivity index (χ1v) is 7.19. The van der Waals surface area contributed by atoms with E-state index in [0.29, 0.717) is 0 Å². The van der Waals surface area contributed by atoms with E-state index in [2.05, 4.69) is 5.16 Å². The first-order chi connectivity index (χ1) is 8.47. The average Bonchev–Trinajstić information content (AvgIpc) is 2.35. The summed E-state index contributed by atoms with van der Waals surface area (Å²) in [6.45, 7) is 3.95. The van der Waals surface area contributed by atoms with Crippen LogP contribution in [0.5, 0.6) is 0 Å². The number of nitrogens with zero attached hydrogens (tertiary/aromatic N) is 1. The van der Waals surface area contributed by atoms with Crippen LogP contribution < -0.4 is 5.73 Å². The summed E-state index contributed by atoms with van der Waals surface area (Å²) in [7, 11) is 0. The summed E-state index contributed by atoms with van der Waals surface area (Å²) in [5.41, 5.74) is 5.37. The number of rotatable bonds is 6. The van der Waals surface area contributed by atoms with E-state index in [1.165, 1.54) is 0 Å². The van der Waals surface area contributed by atoms with Crippen LogP contribution in [-0.2, 0) is 0 Å². The number of hydrogen-bond acceptors (Lipinski definition) is 3. The molecule has 5 heteroatoms. The molecule has 0 aliphatic rings. The summed E-state index contributed by atoms with van der Waals surface area (Å²) >= 11 is 7.80. The monoisotopic (exact) mass is 286 g/mol. The van der Waals surface area contributed by atoms with E-state index in [-0.39, 0.29) is 11.3 Å². The van der Waals surface area contributed by atoms with Crippen molar-refractivity contribution in [3.8, 4) is 0 Å². The van der Waals surface area contributed by atoms with Gasteiger partial charge in [-0.1, -0.05) is 42.7 Å². The van der Waals surface area contributed by atoms with Crippen molar-refractivity contribution in [3.63, 3.8) is 0 Å². The van der Waals surface area contributed by atoms with Crippen molar-refractivity contribution in [1.29, 1.82) is 0 Å². The Morgan fingerprint density at radius 3 is 2.72 bits per heavy atom. The van der Waals surface area contributed by atoms with Gasteiger partial charge in [0.05, 0.1) is 5.02 Å². The van der Waals surface area contributed by atoms with Crippen LogP contribution in [0.25, 0.3) is 0 Å². The van der Waals surface area contributed by atoms with Gasteiger partial charge in [0, 0.05) is 10.3 Å². The fraction of sp³-hybridized carbons (Fsp3) is 0.462. The van der Waals surface area contributed by atoms with Gasteiger partial charge in [-0.25, -0.2) is 0 Å². The molecule has 0 unspecified atom stereocenters. The third-order valence-corrected chi connectivity index (χ3v) is 4.44. The molecule has 1 aromatic carbocycles. The van der Waals surface area contributed by atoms with Gasteiger partial charge in [-0.05, 0) is 30.7 Å². The van der Waals surface area contributed by atoms with Crippen LogP contribution in [-0.4, -0.2) is 16.8 Å². The van der Waals surface area contributed by atoms with Crippen molar-refractivity contribution >= 4 is 29.2 Å². The molecule has 0 amide bonds. The molecule has 3 nitrogen and oxygen atoms in total. The van der Waals surface area contributed by atoms with Crippen LogP contribution in [0.1, 0.15) is 26.7 Å². The molecule has 0 heterocycles. The Kier molecular flexibility index (Phi) is 5.82. The number of amidine groups is 1. The number of nitrogens with two attached hydrogens (primary N) is 1. The van der Waals surface area contributed by atoms with E-state index < -0.39 is 0 Å². The smallest absolute Gasteiger partial charge is 0.144 e. The maximum atomic E-state index is 8.68. The molecule has 100 valence electrons. The van der Waals surface area contributed by atoms with E-state index in [9.17, 15) is 0 Å². The zero-order chi connectivity index (χ0) is 13.6. The molecule has 0 atom stereocenters. The molecule has 0 aliphatic heterocycles. The van der Waals surface area contributed by atoms with E-state index in [1.54, 1.807) is 11.8 Å². The van der Waals surface area contributed by atoms with Crippen LogP contribution in [0, 0.1) is 5.41 Å². The lowest BCUT2D eigenvalue weighted by atomic mass is 9.87. The normalized spacial score (nSPS) is 12.7. The van der Waals surface area contributed by atoms with E-state index >= 15 is 0 Å². The summed E-state index contributed by atoms with van der Waals surface area (Å²) in [6, 6.07) is 7.81. The van der Waals surface area contributed by atoms with Gasteiger partial charge in [0.15, 0.2) is 0 Å². The summed E-state index contributed by atoms with van der Waals surface area (Å²) in [4.78, 5) is 1.10. The lowest BCUT2D eigenvalue weighted by molar-refractivity contribution is 0.305. The molecular weight excluding hydrogens is 268 g/mol. The van der Waals surface area contributed by atoms with Gasteiger partial charge in [0.2, 0.25) is 0 Å². The lowest BCUT2D eigenvalue weighted by Gasteiger charge is -2.22. The zero-order valence-corrected chi connectivity index (χ0v) is 12.3. The number of benzene rings is 1. The van der Waals surface area contributed by atoms with Gasteiger partial charge in [-0.3, -0.25) is 0 Å². The molecular formula is C13H19ClN2OS. The first kappa shape index (κ1) is 15.2. The van der Waals surface area contributed by atoms with Crippen molar-refractivity contribution in [2.45, 2.75) is 31.6 Å². The van der Waals surface area contributed by atoms with E-state index in [0.717, 1.165) is 28.5 Å². The minimum absolute atomic E-state index is 0.268. The SMILES string of the molecule is CC(C)(CCCSc1ccccc1Cl)C(N)=NO. The Bertz CT molecular complexity index is 421. The molecule has 0 saturated carbocycles. The molecule has 0 fully saturated rings. The summed E-state index contributed by atoms with van der Waals surface area (Å²) in [5, 5.41) is 12.5. The summed E-state index contributed by atoms with van der Waals surface area (Å²) < 4.78 is 0. The Hall–Kier alpha value is -0.870. The second kappa shape index (κ2) is 6.90. The molecule has 1 aromatic rings. The molecule has 0 aromatic heterocycles. The highest BCUT2D eigenvalue weighted by Gasteiger charge is 2.22. The van der Waals surface area contributed by atoms with Crippen molar-refractivity contribution in [3.05, 3.63) is 29.3 Å². The number of halogens is 1. The van der Waals surface area contributed by atoms with Crippen LogP contribution in [0.4, 0.5) is 0 Å². The molecule has 0 spiro atoms.